The van der Waals surface area contributed by atoms with Crippen molar-refractivity contribution in [2.45, 2.75) is 66.5 Å². The highest BCUT2D eigenvalue weighted by Gasteiger charge is 2.25. The molecule has 1 N–H and O–H groups in total. The number of rotatable bonds is 6. The molecule has 1 unspecified atom stereocenters. The van der Waals surface area contributed by atoms with Crippen molar-refractivity contribution in [2.75, 3.05) is 4.90 Å². The fraction of sp³-hybridized carbons (Fsp3) is 0.611. The van der Waals surface area contributed by atoms with Crippen LogP contribution in [0, 0.1) is 5.41 Å². The van der Waals surface area contributed by atoms with Crippen LogP contribution < -0.4 is 4.90 Å². The van der Waals surface area contributed by atoms with E-state index >= 15 is 0 Å². The molecule has 1 atom stereocenters. The van der Waals surface area contributed by atoms with E-state index in [1.54, 1.807) is 0 Å². The third-order valence-electron chi connectivity index (χ3n) is 3.47. The smallest absolute Gasteiger partial charge is 0.227 e. The number of hydrogen-bond donors (Lipinski definition) is 1. The second-order valence-electron chi connectivity index (χ2n) is 6.97. The maximum Gasteiger partial charge on any atom is 0.227 e. The van der Waals surface area contributed by atoms with Crippen LogP contribution in [0.5, 0.6) is 0 Å². The normalized spacial score (nSPS) is 13.0. The summed E-state index contributed by atoms with van der Waals surface area (Å²) in [6.07, 6.45) is 2.53. The van der Waals surface area contributed by atoms with Crippen molar-refractivity contribution in [3.05, 3.63) is 29.8 Å². The van der Waals surface area contributed by atoms with Crippen molar-refractivity contribution < 1.29 is 9.90 Å². The van der Waals surface area contributed by atoms with E-state index in [9.17, 15) is 9.90 Å². The summed E-state index contributed by atoms with van der Waals surface area (Å²) in [4.78, 5) is 14.6. The fourth-order valence-corrected chi connectivity index (χ4v) is 2.53. The maximum atomic E-state index is 12.7. The molecule has 0 aliphatic carbocycles. The first-order valence-corrected chi connectivity index (χ1v) is 7.80. The summed E-state index contributed by atoms with van der Waals surface area (Å²) in [5.41, 5.74) is 1.69. The van der Waals surface area contributed by atoms with Gasteiger partial charge in [-0.1, -0.05) is 46.2 Å². The maximum absolute atomic E-state index is 12.7. The van der Waals surface area contributed by atoms with Crippen LogP contribution >= 0.6 is 0 Å². The number of aliphatic hydroxyl groups is 1. The van der Waals surface area contributed by atoms with Crippen LogP contribution in [0.3, 0.4) is 0 Å². The summed E-state index contributed by atoms with van der Waals surface area (Å²) in [7, 11) is 0. The molecule has 0 saturated carbocycles. The minimum atomic E-state index is -0.0319. The van der Waals surface area contributed by atoms with E-state index in [0.717, 1.165) is 24.1 Å². The van der Waals surface area contributed by atoms with Gasteiger partial charge in [-0.25, -0.2) is 0 Å². The Balaban J connectivity index is 3.09. The summed E-state index contributed by atoms with van der Waals surface area (Å²) in [6, 6.07) is 7.80. The van der Waals surface area contributed by atoms with Gasteiger partial charge in [0.2, 0.25) is 5.91 Å². The average molecular weight is 291 g/mol. The minimum absolute atomic E-state index is 0.00268. The van der Waals surface area contributed by atoms with Crippen LogP contribution in [0.15, 0.2) is 24.3 Å². The number of amides is 1. The molecule has 0 saturated heterocycles. The van der Waals surface area contributed by atoms with Crippen molar-refractivity contribution >= 4 is 11.6 Å². The van der Waals surface area contributed by atoms with Gasteiger partial charge in [-0.2, -0.15) is 0 Å². The molecule has 0 fully saturated rings. The Bertz CT molecular complexity index is 463. The molecule has 118 valence electrons. The molecule has 1 amide bonds. The van der Waals surface area contributed by atoms with Gasteiger partial charge < -0.3 is 10.0 Å². The topological polar surface area (TPSA) is 40.5 Å². The molecule has 0 aliphatic rings. The second kappa shape index (κ2) is 7.60. The van der Waals surface area contributed by atoms with Crippen LogP contribution in [-0.2, 0) is 11.4 Å². The fourth-order valence-electron chi connectivity index (χ4n) is 2.53. The molecule has 1 aromatic carbocycles. The molecule has 0 spiro atoms. The Morgan fingerprint density at radius 1 is 1.33 bits per heavy atom. The van der Waals surface area contributed by atoms with E-state index in [4.69, 9.17) is 0 Å². The van der Waals surface area contributed by atoms with E-state index in [2.05, 4.69) is 34.6 Å². The second-order valence-corrected chi connectivity index (χ2v) is 6.97. The van der Waals surface area contributed by atoms with Gasteiger partial charge in [-0.3, -0.25) is 4.79 Å². The van der Waals surface area contributed by atoms with Crippen LogP contribution in [-0.4, -0.2) is 17.1 Å². The molecule has 0 radical (unpaired) electrons. The Morgan fingerprint density at radius 2 is 2.00 bits per heavy atom. The van der Waals surface area contributed by atoms with Gasteiger partial charge in [-0.15, -0.1) is 0 Å². The van der Waals surface area contributed by atoms with Crippen molar-refractivity contribution in [1.82, 2.24) is 0 Å². The molecular weight excluding hydrogens is 262 g/mol. The van der Waals surface area contributed by atoms with Gasteiger partial charge >= 0.3 is 0 Å². The highest BCUT2D eigenvalue weighted by molar-refractivity contribution is 5.94. The van der Waals surface area contributed by atoms with Gasteiger partial charge in [0, 0.05) is 18.2 Å². The zero-order valence-electron chi connectivity index (χ0n) is 14.0. The average Bonchev–Trinajstić information content (AvgIpc) is 2.37. The third-order valence-corrected chi connectivity index (χ3v) is 3.47. The largest absolute Gasteiger partial charge is 0.392 e. The van der Waals surface area contributed by atoms with Crippen molar-refractivity contribution in [1.29, 1.82) is 0 Å². The molecular formula is C18H29NO2. The SMILES string of the molecule is CCCC(C)N(C(=O)CC(C)(C)C)c1cccc(CO)c1. The lowest BCUT2D eigenvalue weighted by atomic mass is 9.91. The predicted molar refractivity (Wildman–Crippen MR) is 88.3 cm³/mol. The zero-order valence-corrected chi connectivity index (χ0v) is 14.0. The number of carbonyl (C=O) groups is 1. The number of hydrogen-bond acceptors (Lipinski definition) is 2. The molecule has 1 aromatic rings. The zero-order chi connectivity index (χ0) is 16.0. The van der Waals surface area contributed by atoms with Crippen molar-refractivity contribution in [3.8, 4) is 0 Å². The standard InChI is InChI=1S/C18H29NO2/c1-6-8-14(2)19(17(21)12-18(3,4)5)16-10-7-9-15(11-16)13-20/h7,9-11,14,20H,6,8,12-13H2,1-5H3. The van der Waals surface area contributed by atoms with Crippen LogP contribution in [0.25, 0.3) is 0 Å². The first-order chi connectivity index (χ1) is 9.78. The first kappa shape index (κ1) is 17.7. The highest BCUT2D eigenvalue weighted by atomic mass is 16.3. The van der Waals surface area contributed by atoms with Crippen LogP contribution in [0.4, 0.5) is 5.69 Å². The van der Waals surface area contributed by atoms with E-state index in [-0.39, 0.29) is 24.0 Å². The first-order valence-electron chi connectivity index (χ1n) is 7.80. The van der Waals surface area contributed by atoms with Crippen LogP contribution in [0.1, 0.15) is 59.4 Å². The minimum Gasteiger partial charge on any atom is -0.392 e. The summed E-state index contributed by atoms with van der Waals surface area (Å²) < 4.78 is 0. The van der Waals surface area contributed by atoms with E-state index in [1.165, 1.54) is 0 Å². The Hall–Kier alpha value is -1.35. The van der Waals surface area contributed by atoms with E-state index in [0.29, 0.717) is 6.42 Å². The van der Waals surface area contributed by atoms with Gasteiger partial charge in [0.1, 0.15) is 0 Å². The predicted octanol–water partition coefficient (Wildman–Crippen LogP) is 4.14. The van der Waals surface area contributed by atoms with E-state index in [1.807, 2.05) is 29.2 Å². The lowest BCUT2D eigenvalue weighted by Crippen LogP contribution is -2.40. The van der Waals surface area contributed by atoms with Gasteiger partial charge in [-0.05, 0) is 36.5 Å². The van der Waals surface area contributed by atoms with Gasteiger partial charge in [0.25, 0.3) is 0 Å². The van der Waals surface area contributed by atoms with E-state index < -0.39 is 0 Å². The number of aliphatic hydroxyl groups excluding tert-OH is 1. The summed E-state index contributed by atoms with van der Waals surface area (Å²) in [5, 5.41) is 9.31. The van der Waals surface area contributed by atoms with Crippen molar-refractivity contribution in [2.24, 2.45) is 5.41 Å². The molecule has 1 rings (SSSR count). The molecule has 0 heterocycles. The molecule has 0 bridgehead atoms. The molecule has 3 nitrogen and oxygen atoms in total. The summed E-state index contributed by atoms with van der Waals surface area (Å²) in [6.45, 7) is 10.5. The monoisotopic (exact) mass is 291 g/mol. The molecule has 3 heteroatoms. The summed E-state index contributed by atoms with van der Waals surface area (Å²) in [5.74, 6) is 0.151. The number of benzene rings is 1. The van der Waals surface area contributed by atoms with Gasteiger partial charge in [0.05, 0.1) is 6.61 Å². The quantitative estimate of drug-likeness (QED) is 0.856. The molecule has 0 aliphatic heterocycles. The third kappa shape index (κ3) is 5.50. The molecule has 21 heavy (non-hydrogen) atoms. The lowest BCUT2D eigenvalue weighted by Gasteiger charge is -2.32. The number of nitrogens with zero attached hydrogens (tertiary/aromatic N) is 1. The Morgan fingerprint density at radius 3 is 2.52 bits per heavy atom. The van der Waals surface area contributed by atoms with Gasteiger partial charge in [0.15, 0.2) is 0 Å². The van der Waals surface area contributed by atoms with Crippen molar-refractivity contribution in [3.63, 3.8) is 0 Å². The lowest BCUT2D eigenvalue weighted by molar-refractivity contribution is -0.120. The summed E-state index contributed by atoms with van der Waals surface area (Å²) >= 11 is 0. The number of carbonyl (C=O) groups excluding carboxylic acids is 1. The number of anilines is 1. The Kier molecular flexibility index (Phi) is 6.41. The van der Waals surface area contributed by atoms with Crippen LogP contribution in [0.2, 0.25) is 0 Å². The highest BCUT2D eigenvalue weighted by Crippen LogP contribution is 2.26. The Labute approximate surface area is 129 Å². The molecule has 0 aromatic heterocycles.